The van der Waals surface area contributed by atoms with Gasteiger partial charge in [-0.15, -0.1) is 0 Å². The van der Waals surface area contributed by atoms with Crippen LogP contribution in [0, 0.1) is 13.8 Å². The summed E-state index contributed by atoms with van der Waals surface area (Å²) >= 11 is 5.93. The molecule has 2 amide bonds. The zero-order chi connectivity index (χ0) is 19.4. The van der Waals surface area contributed by atoms with Crippen LogP contribution in [-0.2, 0) is 0 Å². The van der Waals surface area contributed by atoms with Crippen molar-refractivity contribution in [1.82, 2.24) is 4.98 Å². The third-order valence-electron chi connectivity index (χ3n) is 3.84. The van der Waals surface area contributed by atoms with Crippen LogP contribution < -0.4 is 21.1 Å². The molecule has 0 aliphatic heterocycles. The standard InChI is InChI=1S/C20H19ClN4O2/c1-12-3-6-15(7-4-12)24-20(26)25-17-10-16(8-5-13(17)2)27-18-9-14(21)11-23-19(18)22/h3-11H,1-2H3,(H2,22,23)(H2,24,25,26). The molecule has 4 N–H and O–H groups in total. The van der Waals surface area contributed by atoms with E-state index in [0.29, 0.717) is 27.9 Å². The zero-order valence-electron chi connectivity index (χ0n) is 14.9. The molecule has 0 radical (unpaired) electrons. The van der Waals surface area contributed by atoms with Crippen LogP contribution in [0.5, 0.6) is 11.5 Å². The van der Waals surface area contributed by atoms with Crippen molar-refractivity contribution in [2.45, 2.75) is 13.8 Å². The number of pyridine rings is 1. The van der Waals surface area contributed by atoms with Crippen LogP contribution in [0.25, 0.3) is 0 Å². The fourth-order valence-electron chi connectivity index (χ4n) is 2.36. The molecule has 0 spiro atoms. The van der Waals surface area contributed by atoms with Crippen LogP contribution in [0.4, 0.5) is 22.0 Å². The number of nitrogens with zero attached hydrogens (tertiary/aromatic N) is 1. The predicted molar refractivity (Wildman–Crippen MR) is 109 cm³/mol. The number of anilines is 3. The Hall–Kier alpha value is -3.25. The van der Waals surface area contributed by atoms with E-state index in [2.05, 4.69) is 15.6 Å². The van der Waals surface area contributed by atoms with Gasteiger partial charge < -0.3 is 21.1 Å². The van der Waals surface area contributed by atoms with Gasteiger partial charge in [0.25, 0.3) is 0 Å². The van der Waals surface area contributed by atoms with Crippen LogP contribution in [0.3, 0.4) is 0 Å². The topological polar surface area (TPSA) is 89.3 Å². The first-order chi connectivity index (χ1) is 12.9. The molecule has 0 saturated carbocycles. The van der Waals surface area contributed by atoms with Gasteiger partial charge >= 0.3 is 6.03 Å². The Balaban J connectivity index is 1.74. The van der Waals surface area contributed by atoms with Crippen molar-refractivity contribution in [3.05, 3.63) is 70.9 Å². The molecule has 27 heavy (non-hydrogen) atoms. The highest BCUT2D eigenvalue weighted by Gasteiger charge is 2.09. The summed E-state index contributed by atoms with van der Waals surface area (Å²) in [6, 6.07) is 14.1. The average molecular weight is 383 g/mol. The third-order valence-corrected chi connectivity index (χ3v) is 4.05. The van der Waals surface area contributed by atoms with Gasteiger partial charge in [-0.05, 0) is 37.6 Å². The Morgan fingerprint density at radius 3 is 2.56 bits per heavy atom. The maximum Gasteiger partial charge on any atom is 0.323 e. The Kier molecular flexibility index (Phi) is 5.47. The molecule has 0 fully saturated rings. The van der Waals surface area contributed by atoms with Gasteiger partial charge in [0.1, 0.15) is 5.75 Å². The number of nitrogen functional groups attached to an aromatic ring is 1. The van der Waals surface area contributed by atoms with Gasteiger partial charge in [0.15, 0.2) is 11.6 Å². The maximum atomic E-state index is 12.3. The lowest BCUT2D eigenvalue weighted by Gasteiger charge is -2.13. The summed E-state index contributed by atoms with van der Waals surface area (Å²) in [6.07, 6.45) is 1.45. The number of hydrogen-bond donors (Lipinski definition) is 3. The summed E-state index contributed by atoms with van der Waals surface area (Å²) in [5.74, 6) is 1.08. The number of benzene rings is 2. The number of aryl methyl sites for hydroxylation is 2. The molecule has 138 valence electrons. The van der Waals surface area contributed by atoms with Crippen molar-refractivity contribution >= 4 is 34.8 Å². The normalized spacial score (nSPS) is 10.3. The van der Waals surface area contributed by atoms with Crippen molar-refractivity contribution in [2.24, 2.45) is 0 Å². The average Bonchev–Trinajstić information content (AvgIpc) is 2.63. The number of nitrogens with one attached hydrogen (secondary N) is 2. The molecule has 1 aromatic heterocycles. The first kappa shape index (κ1) is 18.5. The molecule has 6 nitrogen and oxygen atoms in total. The first-order valence-electron chi connectivity index (χ1n) is 8.25. The summed E-state index contributed by atoms with van der Waals surface area (Å²) in [7, 11) is 0. The summed E-state index contributed by atoms with van der Waals surface area (Å²) in [5.41, 5.74) is 9.14. The molecule has 0 saturated heterocycles. The number of rotatable bonds is 4. The quantitative estimate of drug-likeness (QED) is 0.565. The number of ether oxygens (including phenoxy) is 1. The number of amides is 2. The van der Waals surface area contributed by atoms with Gasteiger partial charge in [0, 0.05) is 29.7 Å². The molecular formula is C20H19ClN4O2. The predicted octanol–water partition coefficient (Wildman–Crippen LogP) is 5.37. The van der Waals surface area contributed by atoms with Gasteiger partial charge in [-0.1, -0.05) is 35.4 Å². The molecule has 0 bridgehead atoms. The Morgan fingerprint density at radius 2 is 1.81 bits per heavy atom. The second-order valence-electron chi connectivity index (χ2n) is 6.06. The van der Waals surface area contributed by atoms with E-state index in [9.17, 15) is 4.79 Å². The lowest BCUT2D eigenvalue weighted by Crippen LogP contribution is -2.19. The minimum Gasteiger partial charge on any atom is -0.453 e. The molecule has 0 aliphatic carbocycles. The zero-order valence-corrected chi connectivity index (χ0v) is 15.7. The highest BCUT2D eigenvalue weighted by molar-refractivity contribution is 6.30. The number of hydrogen-bond acceptors (Lipinski definition) is 4. The van der Waals surface area contributed by atoms with E-state index in [1.54, 1.807) is 18.2 Å². The highest BCUT2D eigenvalue weighted by atomic mass is 35.5. The number of carbonyl (C=O) groups excluding carboxylic acids is 1. The lowest BCUT2D eigenvalue weighted by molar-refractivity contribution is 0.262. The molecule has 0 atom stereocenters. The van der Waals surface area contributed by atoms with E-state index in [-0.39, 0.29) is 11.8 Å². The summed E-state index contributed by atoms with van der Waals surface area (Å²) in [5, 5.41) is 6.03. The molecular weight excluding hydrogens is 364 g/mol. The molecule has 0 aliphatic rings. The summed E-state index contributed by atoms with van der Waals surface area (Å²) in [6.45, 7) is 3.88. The van der Waals surface area contributed by atoms with Gasteiger partial charge in [-0.25, -0.2) is 9.78 Å². The first-order valence-corrected chi connectivity index (χ1v) is 8.63. The van der Waals surface area contributed by atoms with Gasteiger partial charge in [0.2, 0.25) is 0 Å². The van der Waals surface area contributed by atoms with Crippen molar-refractivity contribution in [3.8, 4) is 11.5 Å². The minimum atomic E-state index is -0.344. The highest BCUT2D eigenvalue weighted by Crippen LogP contribution is 2.31. The lowest BCUT2D eigenvalue weighted by atomic mass is 10.2. The summed E-state index contributed by atoms with van der Waals surface area (Å²) < 4.78 is 5.75. The van der Waals surface area contributed by atoms with E-state index < -0.39 is 0 Å². The maximum absolute atomic E-state index is 12.3. The van der Waals surface area contributed by atoms with Crippen molar-refractivity contribution in [1.29, 1.82) is 0 Å². The van der Waals surface area contributed by atoms with Crippen LogP contribution in [0.15, 0.2) is 54.7 Å². The molecule has 3 rings (SSSR count). The third kappa shape index (κ3) is 4.89. The number of carbonyl (C=O) groups is 1. The summed E-state index contributed by atoms with van der Waals surface area (Å²) in [4.78, 5) is 16.2. The van der Waals surface area contributed by atoms with E-state index >= 15 is 0 Å². The number of halogens is 1. The SMILES string of the molecule is Cc1ccc(NC(=O)Nc2cc(Oc3cc(Cl)cnc3N)ccc2C)cc1. The smallest absolute Gasteiger partial charge is 0.323 e. The fraction of sp³-hybridized carbons (Fsp3) is 0.100. The van der Waals surface area contributed by atoms with Gasteiger partial charge in [-0.2, -0.15) is 0 Å². The van der Waals surface area contributed by atoms with Crippen LogP contribution in [0.2, 0.25) is 5.02 Å². The Bertz CT molecular complexity index is 974. The Labute approximate surface area is 162 Å². The van der Waals surface area contributed by atoms with Gasteiger partial charge in [-0.3, -0.25) is 0 Å². The molecule has 3 aromatic rings. The van der Waals surface area contributed by atoms with Crippen LogP contribution in [0.1, 0.15) is 11.1 Å². The minimum absolute atomic E-state index is 0.228. The molecule has 1 heterocycles. The van der Waals surface area contributed by atoms with E-state index in [1.807, 2.05) is 44.2 Å². The molecule has 0 unspecified atom stereocenters. The second kappa shape index (κ2) is 7.97. The van der Waals surface area contributed by atoms with Crippen LogP contribution >= 0.6 is 11.6 Å². The molecule has 2 aromatic carbocycles. The van der Waals surface area contributed by atoms with Crippen molar-refractivity contribution in [3.63, 3.8) is 0 Å². The van der Waals surface area contributed by atoms with Crippen molar-refractivity contribution in [2.75, 3.05) is 16.4 Å². The van der Waals surface area contributed by atoms with E-state index in [1.165, 1.54) is 6.20 Å². The number of urea groups is 1. The second-order valence-corrected chi connectivity index (χ2v) is 6.50. The number of aromatic nitrogens is 1. The monoisotopic (exact) mass is 382 g/mol. The van der Waals surface area contributed by atoms with E-state index in [0.717, 1.165) is 11.1 Å². The van der Waals surface area contributed by atoms with Crippen LogP contribution in [-0.4, -0.2) is 11.0 Å². The Morgan fingerprint density at radius 1 is 1.07 bits per heavy atom. The fourth-order valence-corrected chi connectivity index (χ4v) is 2.51. The van der Waals surface area contributed by atoms with Gasteiger partial charge in [0.05, 0.1) is 5.02 Å². The molecule has 7 heteroatoms. The largest absolute Gasteiger partial charge is 0.453 e. The van der Waals surface area contributed by atoms with Crippen molar-refractivity contribution < 1.29 is 9.53 Å². The van der Waals surface area contributed by atoms with E-state index in [4.69, 9.17) is 22.1 Å². The number of nitrogens with two attached hydrogens (primary N) is 1.